The van der Waals surface area contributed by atoms with E-state index >= 15 is 0 Å². The molecule has 80 valence electrons. The zero-order valence-corrected chi connectivity index (χ0v) is 9.79. The van der Waals surface area contributed by atoms with E-state index in [1.54, 1.807) is 11.8 Å². The van der Waals surface area contributed by atoms with E-state index in [4.69, 9.17) is 11.6 Å². The van der Waals surface area contributed by atoms with Crippen LogP contribution in [0.5, 0.6) is 0 Å². The third-order valence-corrected chi connectivity index (χ3v) is 5.04. The second-order valence-electron chi connectivity index (χ2n) is 4.35. The monoisotopic (exact) mass is 233 g/mol. The van der Waals surface area contributed by atoms with Crippen molar-refractivity contribution in [2.24, 2.45) is 5.41 Å². The van der Waals surface area contributed by atoms with Gasteiger partial charge in [0.15, 0.2) is 0 Å². The fourth-order valence-electron chi connectivity index (χ4n) is 1.71. The fraction of sp³-hybridized carbons (Fsp3) is 0.900. The minimum Gasteiger partial charge on any atom is -0.355 e. The molecule has 1 N–H and O–H groups in total. The van der Waals surface area contributed by atoms with Crippen LogP contribution < -0.4 is 5.32 Å². The summed E-state index contributed by atoms with van der Waals surface area (Å²) in [4.78, 5) is 11.7. The first kappa shape index (κ1) is 10.6. The Labute approximate surface area is 94.1 Å². The van der Waals surface area contributed by atoms with Crippen molar-refractivity contribution in [1.82, 2.24) is 5.32 Å². The normalized spacial score (nSPS) is 28.8. The molecule has 1 atom stereocenters. The number of alkyl halides is 1. The molecule has 1 aliphatic carbocycles. The van der Waals surface area contributed by atoms with Crippen LogP contribution in [0.2, 0.25) is 0 Å². The SMILES string of the molecule is O=C(NCC1(CCl)CC1)C1CCCS1. The molecule has 1 amide bonds. The number of halogens is 1. The van der Waals surface area contributed by atoms with E-state index in [1.165, 1.54) is 19.3 Å². The third-order valence-electron chi connectivity index (χ3n) is 3.10. The van der Waals surface area contributed by atoms with Crippen molar-refractivity contribution in [2.45, 2.75) is 30.9 Å². The highest BCUT2D eigenvalue weighted by Crippen LogP contribution is 2.45. The molecule has 2 nitrogen and oxygen atoms in total. The predicted octanol–water partition coefficient (Wildman–Crippen LogP) is 2.02. The van der Waals surface area contributed by atoms with E-state index in [0.717, 1.165) is 18.7 Å². The van der Waals surface area contributed by atoms with Gasteiger partial charge in [-0.05, 0) is 31.4 Å². The Kier molecular flexibility index (Phi) is 3.27. The van der Waals surface area contributed by atoms with Crippen LogP contribution in [0.1, 0.15) is 25.7 Å². The minimum absolute atomic E-state index is 0.209. The van der Waals surface area contributed by atoms with Crippen LogP contribution in [0, 0.1) is 5.41 Å². The Hall–Kier alpha value is 0.110. The van der Waals surface area contributed by atoms with Crippen LogP contribution in [-0.4, -0.2) is 29.3 Å². The number of rotatable bonds is 4. The summed E-state index contributed by atoms with van der Waals surface area (Å²) in [6, 6.07) is 0. The molecule has 1 heterocycles. The van der Waals surface area contributed by atoms with Gasteiger partial charge in [-0.3, -0.25) is 4.79 Å². The highest BCUT2D eigenvalue weighted by Gasteiger charge is 2.42. The number of carbonyl (C=O) groups is 1. The van der Waals surface area contributed by atoms with Crippen LogP contribution in [0.4, 0.5) is 0 Å². The Morgan fingerprint density at radius 3 is 2.86 bits per heavy atom. The molecule has 2 aliphatic rings. The lowest BCUT2D eigenvalue weighted by Gasteiger charge is -2.14. The lowest BCUT2D eigenvalue weighted by molar-refractivity contribution is -0.120. The summed E-state index contributed by atoms with van der Waals surface area (Å²) in [6.45, 7) is 0.784. The van der Waals surface area contributed by atoms with Gasteiger partial charge in [-0.15, -0.1) is 23.4 Å². The number of thioether (sulfide) groups is 1. The summed E-state index contributed by atoms with van der Waals surface area (Å²) in [5.41, 5.74) is 0.250. The largest absolute Gasteiger partial charge is 0.355 e. The Morgan fingerprint density at radius 1 is 1.57 bits per heavy atom. The molecular weight excluding hydrogens is 218 g/mol. The van der Waals surface area contributed by atoms with Crippen molar-refractivity contribution in [3.05, 3.63) is 0 Å². The van der Waals surface area contributed by atoms with Gasteiger partial charge in [-0.1, -0.05) is 0 Å². The third kappa shape index (κ3) is 2.37. The lowest BCUT2D eigenvalue weighted by Crippen LogP contribution is -2.36. The summed E-state index contributed by atoms with van der Waals surface area (Å²) in [5.74, 6) is 2.05. The molecule has 0 bridgehead atoms. The molecule has 0 radical (unpaired) electrons. The first-order valence-corrected chi connectivity index (χ1v) is 6.79. The van der Waals surface area contributed by atoms with E-state index in [1.807, 2.05) is 0 Å². The second kappa shape index (κ2) is 4.31. The van der Waals surface area contributed by atoms with Gasteiger partial charge < -0.3 is 5.32 Å². The molecular formula is C10H16ClNOS. The quantitative estimate of drug-likeness (QED) is 0.753. The second-order valence-corrected chi connectivity index (χ2v) is 5.93. The average Bonchev–Trinajstić information content (AvgIpc) is 2.78. The molecule has 14 heavy (non-hydrogen) atoms. The summed E-state index contributed by atoms with van der Waals surface area (Å²) in [6.07, 6.45) is 4.58. The van der Waals surface area contributed by atoms with Crippen LogP contribution in [0.25, 0.3) is 0 Å². The van der Waals surface area contributed by atoms with Gasteiger partial charge >= 0.3 is 0 Å². The van der Waals surface area contributed by atoms with Gasteiger partial charge in [0.1, 0.15) is 0 Å². The summed E-state index contributed by atoms with van der Waals surface area (Å²) >= 11 is 7.63. The van der Waals surface area contributed by atoms with Crippen molar-refractivity contribution in [2.75, 3.05) is 18.2 Å². The predicted molar refractivity (Wildman–Crippen MR) is 60.9 cm³/mol. The number of nitrogens with one attached hydrogen (secondary N) is 1. The molecule has 1 unspecified atom stereocenters. The van der Waals surface area contributed by atoms with Crippen LogP contribution in [0.15, 0.2) is 0 Å². The first-order chi connectivity index (χ1) is 6.76. The van der Waals surface area contributed by atoms with E-state index in [2.05, 4.69) is 5.32 Å². The summed E-state index contributed by atoms with van der Waals surface area (Å²) < 4.78 is 0. The highest BCUT2D eigenvalue weighted by atomic mass is 35.5. The van der Waals surface area contributed by atoms with E-state index in [0.29, 0.717) is 5.88 Å². The van der Waals surface area contributed by atoms with Gasteiger partial charge in [-0.25, -0.2) is 0 Å². The minimum atomic E-state index is 0.209. The fourth-order valence-corrected chi connectivity index (χ4v) is 3.25. The maximum atomic E-state index is 11.7. The van der Waals surface area contributed by atoms with Gasteiger partial charge in [0.25, 0.3) is 0 Å². The van der Waals surface area contributed by atoms with Gasteiger partial charge in [-0.2, -0.15) is 0 Å². The van der Waals surface area contributed by atoms with E-state index in [-0.39, 0.29) is 16.6 Å². The van der Waals surface area contributed by atoms with Crippen molar-refractivity contribution in [1.29, 1.82) is 0 Å². The maximum Gasteiger partial charge on any atom is 0.233 e. The molecule has 0 aromatic carbocycles. The first-order valence-electron chi connectivity index (χ1n) is 5.21. The molecule has 1 saturated carbocycles. The van der Waals surface area contributed by atoms with Crippen LogP contribution in [-0.2, 0) is 4.79 Å². The van der Waals surface area contributed by atoms with Gasteiger partial charge in [0.05, 0.1) is 5.25 Å². The summed E-state index contributed by atoms with van der Waals surface area (Å²) in [5, 5.41) is 3.24. The zero-order chi connectivity index (χ0) is 10.0. The van der Waals surface area contributed by atoms with E-state index in [9.17, 15) is 4.79 Å². The maximum absolute atomic E-state index is 11.7. The molecule has 2 fully saturated rings. The van der Waals surface area contributed by atoms with Crippen molar-refractivity contribution in [3.8, 4) is 0 Å². The number of carbonyl (C=O) groups excluding carboxylic acids is 1. The smallest absolute Gasteiger partial charge is 0.233 e. The molecule has 0 aromatic heterocycles. The van der Waals surface area contributed by atoms with Crippen molar-refractivity contribution < 1.29 is 4.79 Å². The van der Waals surface area contributed by atoms with Crippen LogP contribution in [0.3, 0.4) is 0 Å². The number of hydrogen-bond acceptors (Lipinski definition) is 2. The molecule has 1 saturated heterocycles. The van der Waals surface area contributed by atoms with Crippen molar-refractivity contribution >= 4 is 29.3 Å². The number of hydrogen-bond donors (Lipinski definition) is 1. The molecule has 0 spiro atoms. The average molecular weight is 234 g/mol. The standard InChI is InChI=1S/C10H16ClNOS/c11-6-10(3-4-10)7-12-9(13)8-2-1-5-14-8/h8H,1-7H2,(H,12,13). The Bertz CT molecular complexity index is 224. The summed E-state index contributed by atoms with van der Waals surface area (Å²) in [7, 11) is 0. The van der Waals surface area contributed by atoms with Crippen LogP contribution >= 0.6 is 23.4 Å². The zero-order valence-electron chi connectivity index (χ0n) is 8.22. The molecule has 2 rings (SSSR count). The van der Waals surface area contributed by atoms with E-state index < -0.39 is 0 Å². The molecule has 0 aromatic rings. The number of amides is 1. The highest BCUT2D eigenvalue weighted by molar-refractivity contribution is 8.00. The van der Waals surface area contributed by atoms with Gasteiger partial charge in [0.2, 0.25) is 5.91 Å². The Balaban J connectivity index is 1.72. The lowest BCUT2D eigenvalue weighted by atomic mass is 10.1. The Morgan fingerprint density at radius 2 is 2.36 bits per heavy atom. The van der Waals surface area contributed by atoms with Crippen molar-refractivity contribution in [3.63, 3.8) is 0 Å². The molecule has 4 heteroatoms. The molecule has 1 aliphatic heterocycles. The van der Waals surface area contributed by atoms with Gasteiger partial charge in [0, 0.05) is 17.8 Å². The topological polar surface area (TPSA) is 29.1 Å².